The minimum absolute atomic E-state index is 0.322. The molecule has 5 rings (SSSR count). The maximum absolute atomic E-state index is 8.91. The van der Waals surface area contributed by atoms with E-state index < -0.39 is 0 Å². The molecule has 2 aliphatic heterocycles. The number of hydrogen-bond acceptors (Lipinski definition) is 8. The van der Waals surface area contributed by atoms with E-state index in [-0.39, 0.29) is 0 Å². The number of H-pyrrole nitrogens is 2. The second-order valence-electron chi connectivity index (χ2n) is 7.90. The fraction of sp³-hybridized carbons (Fsp3) is 0.526. The van der Waals surface area contributed by atoms with Gasteiger partial charge in [-0.2, -0.15) is 20.3 Å². The molecule has 150 valence electrons. The van der Waals surface area contributed by atoms with Crippen LogP contribution in [0.1, 0.15) is 37.8 Å². The van der Waals surface area contributed by atoms with E-state index in [0.717, 1.165) is 30.6 Å². The topological polar surface area (TPSA) is 134 Å². The van der Waals surface area contributed by atoms with Crippen LogP contribution in [0, 0.1) is 18.3 Å². The van der Waals surface area contributed by atoms with Gasteiger partial charge in [0.05, 0.1) is 12.4 Å². The Kier molecular flexibility index (Phi) is 4.52. The Hall–Kier alpha value is -3.19. The summed E-state index contributed by atoms with van der Waals surface area (Å²) in [7, 11) is 0. The fourth-order valence-electron chi connectivity index (χ4n) is 4.71. The number of imidazole rings is 1. The van der Waals surface area contributed by atoms with Gasteiger partial charge in [0.15, 0.2) is 17.3 Å². The van der Waals surface area contributed by atoms with Crippen molar-refractivity contribution < 1.29 is 0 Å². The molecule has 4 N–H and O–H groups in total. The predicted octanol–water partition coefficient (Wildman–Crippen LogP) is 2.45. The van der Waals surface area contributed by atoms with E-state index in [4.69, 9.17) is 10.2 Å². The van der Waals surface area contributed by atoms with Crippen LogP contribution >= 0.6 is 0 Å². The minimum Gasteiger partial charge on any atom is -0.351 e. The van der Waals surface area contributed by atoms with Crippen LogP contribution in [0.2, 0.25) is 0 Å². The van der Waals surface area contributed by atoms with E-state index in [1.807, 2.05) is 13.0 Å². The number of rotatable bonds is 6. The lowest BCUT2D eigenvalue weighted by Crippen LogP contribution is -2.47. The van der Waals surface area contributed by atoms with Crippen LogP contribution in [0.15, 0.2) is 12.4 Å². The molecule has 2 saturated heterocycles. The molecule has 10 heteroatoms. The Bertz CT molecular complexity index is 1030. The van der Waals surface area contributed by atoms with Crippen LogP contribution in [-0.2, 0) is 0 Å². The van der Waals surface area contributed by atoms with Crippen molar-refractivity contribution in [1.82, 2.24) is 35.0 Å². The van der Waals surface area contributed by atoms with Gasteiger partial charge in [-0.25, -0.2) is 4.98 Å². The summed E-state index contributed by atoms with van der Waals surface area (Å²) in [5, 5.41) is 22.8. The Morgan fingerprint density at radius 1 is 1.28 bits per heavy atom. The fourth-order valence-corrected chi connectivity index (χ4v) is 4.71. The SMILES string of the molecule is Cc1cc(Nc2nc(NC3CC4CC[C@@H](C3)N4CCC#N)nc3nc[nH]c23)n[nH]1. The Labute approximate surface area is 168 Å². The smallest absolute Gasteiger partial charge is 0.227 e. The predicted molar refractivity (Wildman–Crippen MR) is 109 cm³/mol. The highest BCUT2D eigenvalue weighted by atomic mass is 15.3. The van der Waals surface area contributed by atoms with Crippen LogP contribution in [0.25, 0.3) is 11.2 Å². The zero-order valence-electron chi connectivity index (χ0n) is 16.3. The monoisotopic (exact) mass is 392 g/mol. The van der Waals surface area contributed by atoms with Crippen LogP contribution in [0.3, 0.4) is 0 Å². The van der Waals surface area contributed by atoms with Gasteiger partial charge in [0.1, 0.15) is 5.52 Å². The number of aromatic nitrogens is 6. The number of nitriles is 1. The molecule has 2 bridgehead atoms. The highest BCUT2D eigenvalue weighted by Crippen LogP contribution is 2.36. The summed E-state index contributed by atoms with van der Waals surface area (Å²) in [4.78, 5) is 19.2. The molecule has 0 aliphatic carbocycles. The number of fused-ring (bicyclic) bond motifs is 3. The lowest BCUT2D eigenvalue weighted by Gasteiger charge is -2.38. The minimum atomic E-state index is 0.322. The highest BCUT2D eigenvalue weighted by Gasteiger charge is 2.40. The van der Waals surface area contributed by atoms with Gasteiger partial charge >= 0.3 is 0 Å². The summed E-state index contributed by atoms with van der Waals surface area (Å²) in [6.45, 7) is 2.83. The molecule has 0 radical (unpaired) electrons. The van der Waals surface area contributed by atoms with E-state index in [9.17, 15) is 0 Å². The third-order valence-electron chi connectivity index (χ3n) is 5.94. The Morgan fingerprint density at radius 3 is 2.83 bits per heavy atom. The molecule has 3 aromatic rings. The molecule has 10 nitrogen and oxygen atoms in total. The lowest BCUT2D eigenvalue weighted by atomic mass is 9.97. The highest BCUT2D eigenvalue weighted by molar-refractivity contribution is 5.85. The van der Waals surface area contributed by atoms with Crippen LogP contribution in [0.5, 0.6) is 0 Å². The van der Waals surface area contributed by atoms with Crippen molar-refractivity contribution >= 4 is 28.7 Å². The second kappa shape index (κ2) is 7.33. The summed E-state index contributed by atoms with van der Waals surface area (Å²) in [5.41, 5.74) is 2.34. The van der Waals surface area contributed by atoms with Crippen molar-refractivity contribution in [2.24, 2.45) is 0 Å². The normalized spacial score (nSPS) is 23.9. The number of aromatic amines is 2. The molecule has 2 fully saturated rings. The molecule has 0 saturated carbocycles. The number of aryl methyl sites for hydroxylation is 1. The molecule has 0 aromatic carbocycles. The molecule has 3 aromatic heterocycles. The average Bonchev–Trinajstić information content (AvgIpc) is 3.39. The van der Waals surface area contributed by atoms with Gasteiger partial charge in [0.2, 0.25) is 5.95 Å². The summed E-state index contributed by atoms with van der Waals surface area (Å²) in [6.07, 6.45) is 6.73. The zero-order valence-corrected chi connectivity index (χ0v) is 16.3. The largest absolute Gasteiger partial charge is 0.351 e. The Balaban J connectivity index is 1.34. The quantitative estimate of drug-likeness (QED) is 0.502. The maximum atomic E-state index is 8.91. The first-order valence-electron chi connectivity index (χ1n) is 10.1. The van der Waals surface area contributed by atoms with E-state index in [1.54, 1.807) is 6.33 Å². The number of anilines is 3. The average molecular weight is 392 g/mol. The second-order valence-corrected chi connectivity index (χ2v) is 7.90. The van der Waals surface area contributed by atoms with E-state index in [1.165, 1.54) is 12.8 Å². The number of piperidine rings is 1. The Morgan fingerprint density at radius 2 is 2.10 bits per heavy atom. The lowest BCUT2D eigenvalue weighted by molar-refractivity contribution is 0.135. The van der Waals surface area contributed by atoms with Crippen molar-refractivity contribution in [3.8, 4) is 6.07 Å². The van der Waals surface area contributed by atoms with E-state index >= 15 is 0 Å². The van der Waals surface area contributed by atoms with Gasteiger partial charge in [-0.15, -0.1) is 0 Å². The maximum Gasteiger partial charge on any atom is 0.227 e. The molecule has 0 amide bonds. The van der Waals surface area contributed by atoms with Gasteiger partial charge in [0, 0.05) is 42.9 Å². The van der Waals surface area contributed by atoms with E-state index in [2.05, 4.69) is 46.8 Å². The van der Waals surface area contributed by atoms with Crippen LogP contribution in [-0.4, -0.2) is 59.7 Å². The van der Waals surface area contributed by atoms with E-state index in [0.29, 0.717) is 47.8 Å². The van der Waals surface area contributed by atoms with Crippen molar-refractivity contribution in [3.63, 3.8) is 0 Å². The van der Waals surface area contributed by atoms with Crippen LogP contribution in [0.4, 0.5) is 17.6 Å². The molecular weight excluding hydrogens is 368 g/mol. The summed E-state index contributed by atoms with van der Waals surface area (Å²) in [6, 6.07) is 5.60. The molecule has 0 spiro atoms. The van der Waals surface area contributed by atoms with Crippen molar-refractivity contribution in [3.05, 3.63) is 18.1 Å². The summed E-state index contributed by atoms with van der Waals surface area (Å²) in [5.74, 6) is 1.93. The summed E-state index contributed by atoms with van der Waals surface area (Å²) < 4.78 is 0. The third kappa shape index (κ3) is 3.49. The van der Waals surface area contributed by atoms with Gasteiger partial charge in [-0.05, 0) is 32.6 Å². The first kappa shape index (κ1) is 17.9. The zero-order chi connectivity index (χ0) is 19.8. The number of hydrogen-bond donors (Lipinski definition) is 4. The standard InChI is InChI=1S/C19H24N10/c1-11-7-15(28-27-11)24-18-16-17(22-10-21-16)25-19(26-18)23-12-8-13-3-4-14(9-12)29(13)6-2-5-20/h7,10,12-14H,2-4,6,8-9H2,1H3,(H4,21,22,23,24,25,26,27,28)/t12?,13-,14?/m0/s1. The van der Waals surface area contributed by atoms with Gasteiger partial charge < -0.3 is 15.6 Å². The van der Waals surface area contributed by atoms with Crippen molar-refractivity contribution in [1.29, 1.82) is 5.26 Å². The van der Waals surface area contributed by atoms with Gasteiger partial charge in [-0.1, -0.05) is 0 Å². The van der Waals surface area contributed by atoms with Crippen molar-refractivity contribution in [2.75, 3.05) is 17.2 Å². The molecule has 5 heterocycles. The molecule has 2 aliphatic rings. The first-order chi connectivity index (χ1) is 14.2. The molecular formula is C19H24N10. The molecule has 3 atom stereocenters. The summed E-state index contributed by atoms with van der Waals surface area (Å²) >= 11 is 0. The number of nitrogens with one attached hydrogen (secondary N) is 4. The third-order valence-corrected chi connectivity index (χ3v) is 5.94. The number of nitrogens with zero attached hydrogens (tertiary/aromatic N) is 6. The van der Waals surface area contributed by atoms with Gasteiger partial charge in [-0.3, -0.25) is 10.00 Å². The van der Waals surface area contributed by atoms with Crippen LogP contribution < -0.4 is 10.6 Å². The first-order valence-corrected chi connectivity index (χ1v) is 10.1. The van der Waals surface area contributed by atoms with Crippen molar-refractivity contribution in [2.45, 2.75) is 57.2 Å². The molecule has 29 heavy (non-hydrogen) atoms. The molecule has 2 unspecified atom stereocenters. The van der Waals surface area contributed by atoms with Gasteiger partial charge in [0.25, 0.3) is 0 Å².